The molecule has 1 N–H and O–H groups in total. The average molecular weight is 279 g/mol. The minimum Gasteiger partial charge on any atom is -0.464 e. The Morgan fingerprint density at radius 3 is 2.90 bits per heavy atom. The number of nitrogens with zero attached hydrogens (tertiary/aromatic N) is 1. The van der Waals surface area contributed by atoms with Crippen LogP contribution in [0.2, 0.25) is 0 Å². The molecule has 3 heteroatoms. The smallest absolute Gasteiger partial charge is 0.133 e. The Morgan fingerprint density at radius 1 is 1.14 bits per heavy atom. The molecule has 106 valence electrons. The molecule has 0 spiro atoms. The molecule has 0 amide bonds. The minimum atomic E-state index is -0.977. The zero-order valence-corrected chi connectivity index (χ0v) is 11.9. The van der Waals surface area contributed by atoms with Crippen LogP contribution in [-0.2, 0) is 12.1 Å². The maximum atomic E-state index is 11.4. The number of rotatable bonds is 1. The Hall–Kier alpha value is -2.10. The molecule has 1 aromatic heterocycles. The molecule has 0 aliphatic carbocycles. The molecule has 1 aliphatic rings. The van der Waals surface area contributed by atoms with Crippen molar-refractivity contribution in [3.05, 3.63) is 71.5 Å². The first-order chi connectivity index (χ1) is 10.2. The lowest BCUT2D eigenvalue weighted by Gasteiger charge is -2.39. The topological polar surface area (TPSA) is 36.6 Å². The highest BCUT2D eigenvalue weighted by Gasteiger charge is 2.38. The summed E-state index contributed by atoms with van der Waals surface area (Å²) in [6.07, 6.45) is 1.68. The fourth-order valence-corrected chi connectivity index (χ4v) is 3.35. The fourth-order valence-electron chi connectivity index (χ4n) is 3.35. The first kappa shape index (κ1) is 12.6. The van der Waals surface area contributed by atoms with Gasteiger partial charge >= 0.3 is 0 Å². The summed E-state index contributed by atoms with van der Waals surface area (Å²) in [4.78, 5) is 2.15. The third-order valence-electron chi connectivity index (χ3n) is 4.33. The van der Waals surface area contributed by atoms with Crippen LogP contribution >= 0.6 is 0 Å². The molecule has 3 aromatic rings. The normalized spacial score (nSPS) is 22.4. The van der Waals surface area contributed by atoms with Crippen molar-refractivity contribution in [2.24, 2.45) is 0 Å². The zero-order valence-electron chi connectivity index (χ0n) is 11.9. The summed E-state index contributed by atoms with van der Waals surface area (Å²) in [7, 11) is 2.04. The molecular formula is C18H17NO2. The number of furan rings is 1. The molecule has 3 nitrogen and oxygen atoms in total. The molecule has 0 radical (unpaired) electrons. The van der Waals surface area contributed by atoms with Gasteiger partial charge in [-0.05, 0) is 41.9 Å². The standard InChI is InChI=1S/C18H17NO2/c1-19-11-14-4-2-3-5-16(14)18(20,12-19)15-6-7-17-13(10-15)8-9-21-17/h2-10,20H,11-12H2,1H3. The quantitative estimate of drug-likeness (QED) is 0.743. The predicted octanol–water partition coefficient (Wildman–Crippen LogP) is 3.11. The first-order valence-corrected chi connectivity index (χ1v) is 7.14. The van der Waals surface area contributed by atoms with E-state index < -0.39 is 5.60 Å². The molecule has 1 unspecified atom stereocenters. The number of likely N-dealkylation sites (N-methyl/N-ethyl adjacent to an activating group) is 1. The Labute approximate surface area is 123 Å². The molecule has 0 saturated heterocycles. The first-order valence-electron chi connectivity index (χ1n) is 7.14. The lowest BCUT2D eigenvalue weighted by Crippen LogP contribution is -2.44. The van der Waals surface area contributed by atoms with Crippen LogP contribution in [0.3, 0.4) is 0 Å². The maximum Gasteiger partial charge on any atom is 0.133 e. The van der Waals surface area contributed by atoms with E-state index in [0.717, 1.165) is 28.6 Å². The largest absolute Gasteiger partial charge is 0.464 e. The van der Waals surface area contributed by atoms with Gasteiger partial charge in [0, 0.05) is 18.5 Å². The lowest BCUT2D eigenvalue weighted by molar-refractivity contribution is 0.0284. The van der Waals surface area contributed by atoms with Crippen molar-refractivity contribution < 1.29 is 9.52 Å². The van der Waals surface area contributed by atoms with Crippen molar-refractivity contribution in [3.8, 4) is 0 Å². The van der Waals surface area contributed by atoms with E-state index in [2.05, 4.69) is 11.0 Å². The highest BCUT2D eigenvalue weighted by Crippen LogP contribution is 2.37. The van der Waals surface area contributed by atoms with Gasteiger partial charge in [0.25, 0.3) is 0 Å². The van der Waals surface area contributed by atoms with E-state index in [-0.39, 0.29) is 0 Å². The number of hydrogen-bond acceptors (Lipinski definition) is 3. The molecule has 2 aromatic carbocycles. The van der Waals surface area contributed by atoms with Crippen LogP contribution in [0.4, 0.5) is 0 Å². The van der Waals surface area contributed by atoms with Gasteiger partial charge in [0.15, 0.2) is 0 Å². The van der Waals surface area contributed by atoms with Crippen molar-refractivity contribution in [1.29, 1.82) is 0 Å². The second-order valence-electron chi connectivity index (χ2n) is 5.86. The molecule has 0 saturated carbocycles. The van der Waals surface area contributed by atoms with Crippen LogP contribution in [0.5, 0.6) is 0 Å². The molecule has 1 aliphatic heterocycles. The number of benzene rings is 2. The molecular weight excluding hydrogens is 262 g/mol. The number of β-amino-alcohol motifs (C(OH)–C–C–N with tert-alkyl or cyclic N) is 1. The van der Waals surface area contributed by atoms with Crippen molar-refractivity contribution in [2.45, 2.75) is 12.1 Å². The van der Waals surface area contributed by atoms with Gasteiger partial charge in [0.05, 0.1) is 6.26 Å². The van der Waals surface area contributed by atoms with Crippen LogP contribution < -0.4 is 0 Å². The summed E-state index contributed by atoms with van der Waals surface area (Å²) in [6.45, 7) is 1.46. The molecule has 2 heterocycles. The second-order valence-corrected chi connectivity index (χ2v) is 5.86. The second kappa shape index (κ2) is 4.45. The van der Waals surface area contributed by atoms with E-state index in [1.807, 2.05) is 49.5 Å². The summed E-state index contributed by atoms with van der Waals surface area (Å²) < 4.78 is 5.39. The zero-order chi connectivity index (χ0) is 14.4. The van der Waals surface area contributed by atoms with E-state index >= 15 is 0 Å². The van der Waals surface area contributed by atoms with Gasteiger partial charge in [0.2, 0.25) is 0 Å². The SMILES string of the molecule is CN1Cc2ccccc2C(O)(c2ccc3occc3c2)C1. The molecule has 4 rings (SSSR count). The summed E-state index contributed by atoms with van der Waals surface area (Å²) in [5, 5.41) is 12.4. The summed E-state index contributed by atoms with van der Waals surface area (Å²) in [5.74, 6) is 0. The van der Waals surface area contributed by atoms with Gasteiger partial charge in [-0.3, -0.25) is 4.90 Å². The fraction of sp³-hybridized carbons (Fsp3) is 0.222. The van der Waals surface area contributed by atoms with Crippen molar-refractivity contribution in [2.75, 3.05) is 13.6 Å². The molecule has 0 fully saturated rings. The van der Waals surface area contributed by atoms with Gasteiger partial charge in [0.1, 0.15) is 11.2 Å². The molecule has 1 atom stereocenters. The third kappa shape index (κ3) is 1.89. The highest BCUT2D eigenvalue weighted by atomic mass is 16.3. The van der Waals surface area contributed by atoms with Crippen molar-refractivity contribution in [1.82, 2.24) is 4.90 Å². The summed E-state index contributed by atoms with van der Waals surface area (Å²) in [6, 6.07) is 16.0. The van der Waals surface area contributed by atoms with Gasteiger partial charge in [-0.1, -0.05) is 30.3 Å². The Morgan fingerprint density at radius 2 is 2.00 bits per heavy atom. The van der Waals surface area contributed by atoms with E-state index in [4.69, 9.17) is 4.42 Å². The molecule has 21 heavy (non-hydrogen) atoms. The Kier molecular flexibility index (Phi) is 2.67. The van der Waals surface area contributed by atoms with Crippen molar-refractivity contribution >= 4 is 11.0 Å². The van der Waals surface area contributed by atoms with E-state index in [1.54, 1.807) is 6.26 Å². The Bertz CT molecular complexity index is 808. The summed E-state index contributed by atoms with van der Waals surface area (Å²) in [5.41, 5.74) is 2.97. The van der Waals surface area contributed by atoms with Crippen molar-refractivity contribution in [3.63, 3.8) is 0 Å². The number of fused-ring (bicyclic) bond motifs is 2. The van der Waals surface area contributed by atoms with Gasteiger partial charge in [-0.2, -0.15) is 0 Å². The minimum absolute atomic E-state index is 0.591. The van der Waals surface area contributed by atoms with Gasteiger partial charge in [-0.25, -0.2) is 0 Å². The van der Waals surface area contributed by atoms with E-state index in [9.17, 15) is 5.11 Å². The van der Waals surface area contributed by atoms with Crippen LogP contribution in [-0.4, -0.2) is 23.6 Å². The van der Waals surface area contributed by atoms with E-state index in [1.165, 1.54) is 5.56 Å². The van der Waals surface area contributed by atoms with Gasteiger partial charge < -0.3 is 9.52 Å². The predicted molar refractivity (Wildman–Crippen MR) is 82.0 cm³/mol. The van der Waals surface area contributed by atoms with E-state index in [0.29, 0.717) is 6.54 Å². The van der Waals surface area contributed by atoms with Crippen LogP contribution in [0.15, 0.2) is 59.2 Å². The van der Waals surface area contributed by atoms with Gasteiger partial charge in [-0.15, -0.1) is 0 Å². The van der Waals surface area contributed by atoms with Crippen LogP contribution in [0, 0.1) is 0 Å². The summed E-state index contributed by atoms with van der Waals surface area (Å²) >= 11 is 0. The average Bonchev–Trinajstić information content (AvgIpc) is 2.94. The van der Waals surface area contributed by atoms with Crippen LogP contribution in [0.25, 0.3) is 11.0 Å². The maximum absolute atomic E-state index is 11.4. The Balaban J connectivity index is 1.92. The van der Waals surface area contributed by atoms with Crippen LogP contribution in [0.1, 0.15) is 16.7 Å². The highest BCUT2D eigenvalue weighted by molar-refractivity contribution is 5.78. The number of hydrogen-bond donors (Lipinski definition) is 1. The lowest BCUT2D eigenvalue weighted by atomic mass is 9.80. The monoisotopic (exact) mass is 279 g/mol. The number of aliphatic hydroxyl groups is 1. The third-order valence-corrected chi connectivity index (χ3v) is 4.33. The molecule has 0 bridgehead atoms.